The molecular weight excluding hydrogens is 605 g/mol. The number of benzene rings is 4. The zero-order chi connectivity index (χ0) is 31.9. The van der Waals surface area contributed by atoms with E-state index in [2.05, 4.69) is 0 Å². The molecule has 0 saturated carbocycles. The third kappa shape index (κ3) is 5.30. The first-order valence-corrected chi connectivity index (χ1v) is 16.8. The van der Waals surface area contributed by atoms with Gasteiger partial charge in [-0.25, -0.2) is 30.9 Å². The van der Waals surface area contributed by atoms with Gasteiger partial charge >= 0.3 is 6.09 Å². The summed E-state index contributed by atoms with van der Waals surface area (Å²) in [7, 11) is -9.87. The van der Waals surface area contributed by atoms with Crippen molar-refractivity contribution in [3.63, 3.8) is 0 Å². The van der Waals surface area contributed by atoms with Crippen LogP contribution < -0.4 is 4.90 Å². The van der Waals surface area contributed by atoms with Crippen molar-refractivity contribution in [2.75, 3.05) is 4.90 Å². The van der Waals surface area contributed by atoms with Crippen molar-refractivity contribution in [3.05, 3.63) is 126 Å². The number of ether oxygens (including phenoxy) is 1. The minimum Gasteiger partial charge on any atom is -0.443 e. The fourth-order valence-corrected chi connectivity index (χ4v) is 10.4. The summed E-state index contributed by atoms with van der Waals surface area (Å²) in [4.78, 5) is 27.4. The minimum absolute atomic E-state index is 0.0757. The van der Waals surface area contributed by atoms with Crippen molar-refractivity contribution in [2.24, 2.45) is 0 Å². The number of amides is 2. The van der Waals surface area contributed by atoms with Gasteiger partial charge in [0, 0.05) is 5.56 Å². The highest BCUT2D eigenvalue weighted by molar-refractivity contribution is 8.09. The van der Waals surface area contributed by atoms with Crippen LogP contribution in [0.5, 0.6) is 0 Å². The monoisotopic (exact) mass is 635 g/mol. The lowest BCUT2D eigenvalue weighted by molar-refractivity contribution is -0.130. The van der Waals surface area contributed by atoms with E-state index in [0.29, 0.717) is 4.90 Å². The van der Waals surface area contributed by atoms with Gasteiger partial charge in [0.2, 0.25) is 5.67 Å². The molecular formula is C33H30FNO7S2. The number of carbonyl (C=O) groups excluding carboxylic acids is 2. The smallest absolute Gasteiger partial charge is 0.421 e. The lowest BCUT2D eigenvalue weighted by Gasteiger charge is -2.35. The summed E-state index contributed by atoms with van der Waals surface area (Å²) < 4.78 is 79.3. The summed E-state index contributed by atoms with van der Waals surface area (Å²) in [5.41, 5.74) is -5.02. The van der Waals surface area contributed by atoms with Gasteiger partial charge in [-0.15, -0.1) is 0 Å². The maximum atomic E-state index is 18.3. The summed E-state index contributed by atoms with van der Waals surface area (Å²) in [6, 6.07) is 26.4. The Morgan fingerprint density at radius 2 is 1.16 bits per heavy atom. The average molecular weight is 636 g/mol. The first-order chi connectivity index (χ1) is 20.7. The number of imide groups is 1. The topological polar surface area (TPSA) is 115 Å². The molecule has 4 aromatic carbocycles. The fourth-order valence-electron chi connectivity index (χ4n) is 5.40. The molecule has 0 aromatic heterocycles. The van der Waals surface area contributed by atoms with Crippen molar-refractivity contribution in [3.8, 4) is 0 Å². The normalized spacial score (nSPS) is 17.8. The van der Waals surface area contributed by atoms with Gasteiger partial charge in [0.05, 0.1) is 21.4 Å². The van der Waals surface area contributed by atoms with Gasteiger partial charge in [-0.3, -0.25) is 4.79 Å². The van der Waals surface area contributed by atoms with Crippen molar-refractivity contribution in [1.29, 1.82) is 0 Å². The number of rotatable bonds is 7. The van der Waals surface area contributed by atoms with Gasteiger partial charge < -0.3 is 4.74 Å². The Hall–Kier alpha value is -4.35. The molecule has 0 N–H and O–H groups in total. The molecule has 4 aromatic rings. The molecule has 44 heavy (non-hydrogen) atoms. The second kappa shape index (κ2) is 11.3. The molecule has 1 aliphatic heterocycles. The SMILES string of the molecule is CC(C)(C)OC(=O)N1C(=O)[C@](F)(C(c2ccccc2)C(S(=O)(=O)c2ccccc2)S(=O)(=O)c2ccccc2)c2ccccc21. The maximum Gasteiger partial charge on any atom is 0.421 e. The molecule has 0 spiro atoms. The maximum absolute atomic E-state index is 18.3. The molecule has 0 fully saturated rings. The highest BCUT2D eigenvalue weighted by Crippen LogP contribution is 2.55. The number of fused-ring (bicyclic) bond motifs is 1. The summed E-state index contributed by atoms with van der Waals surface area (Å²) in [6.07, 6.45) is -1.19. The summed E-state index contributed by atoms with van der Waals surface area (Å²) in [6.45, 7) is 4.71. The quantitative estimate of drug-likeness (QED) is 0.238. The zero-order valence-electron chi connectivity index (χ0n) is 24.1. The number of hydrogen-bond acceptors (Lipinski definition) is 7. The average Bonchev–Trinajstić information content (AvgIpc) is 3.22. The molecule has 2 amide bonds. The largest absolute Gasteiger partial charge is 0.443 e. The third-order valence-electron chi connectivity index (χ3n) is 7.24. The second-order valence-electron chi connectivity index (χ2n) is 11.3. The highest BCUT2D eigenvalue weighted by atomic mass is 32.3. The van der Waals surface area contributed by atoms with Crippen LogP contribution >= 0.6 is 0 Å². The van der Waals surface area contributed by atoms with E-state index >= 15 is 4.39 Å². The molecule has 0 radical (unpaired) electrons. The number of hydrogen-bond donors (Lipinski definition) is 0. The van der Waals surface area contributed by atoms with E-state index in [0.717, 1.165) is 0 Å². The van der Waals surface area contributed by atoms with Crippen molar-refractivity contribution in [1.82, 2.24) is 0 Å². The van der Waals surface area contributed by atoms with Crippen LogP contribution in [0.3, 0.4) is 0 Å². The zero-order valence-corrected chi connectivity index (χ0v) is 25.8. The van der Waals surface area contributed by atoms with Gasteiger partial charge in [0.1, 0.15) is 5.60 Å². The van der Waals surface area contributed by atoms with E-state index in [9.17, 15) is 26.4 Å². The standard InChI is InChI=1S/C33H30FNO7S2/c1-32(2,3)42-31(37)35-27-22-14-13-21-26(27)33(34,30(35)36)28(23-15-7-4-8-16-23)29(43(38,39)24-17-9-5-10-18-24)44(40,41)25-19-11-6-12-20-25/h4-22,28-29H,1-3H3/t28?,33-/m1/s1. The molecule has 1 unspecified atom stereocenters. The predicted octanol–water partition coefficient (Wildman–Crippen LogP) is 6.19. The van der Waals surface area contributed by atoms with Crippen LogP contribution in [-0.2, 0) is 34.9 Å². The second-order valence-corrected chi connectivity index (χ2v) is 15.8. The van der Waals surface area contributed by atoms with E-state index in [1.54, 1.807) is 39.0 Å². The summed E-state index contributed by atoms with van der Waals surface area (Å²) >= 11 is 0. The van der Waals surface area contributed by atoms with Crippen LogP contribution in [0.1, 0.15) is 37.8 Å². The van der Waals surface area contributed by atoms with Crippen LogP contribution in [0.25, 0.3) is 0 Å². The van der Waals surface area contributed by atoms with Gasteiger partial charge in [-0.05, 0) is 56.7 Å². The van der Waals surface area contributed by atoms with Crippen LogP contribution in [0, 0.1) is 0 Å². The van der Waals surface area contributed by atoms with Crippen LogP contribution in [0.4, 0.5) is 14.9 Å². The Bertz CT molecular complexity index is 1840. The first kappa shape index (κ1) is 31.1. The Morgan fingerprint density at radius 1 is 0.727 bits per heavy atom. The van der Waals surface area contributed by atoms with Crippen LogP contribution in [-0.4, -0.2) is 39.0 Å². The van der Waals surface area contributed by atoms with E-state index < -0.39 is 53.4 Å². The number of nitrogens with zero attached hydrogens (tertiary/aromatic N) is 1. The Kier molecular flexibility index (Phi) is 7.98. The molecule has 1 aliphatic rings. The first-order valence-electron chi connectivity index (χ1n) is 13.7. The molecule has 0 saturated heterocycles. The number of sulfone groups is 2. The minimum atomic E-state index is -4.94. The number of anilines is 1. The Balaban J connectivity index is 1.86. The fraction of sp³-hybridized carbons (Fsp3) is 0.212. The molecule has 11 heteroatoms. The number of alkyl halides is 1. The lowest BCUT2D eigenvalue weighted by Crippen LogP contribution is -2.51. The lowest BCUT2D eigenvalue weighted by atomic mass is 9.80. The van der Waals surface area contributed by atoms with E-state index in [1.165, 1.54) is 97.1 Å². The van der Waals surface area contributed by atoms with Gasteiger partial charge in [-0.2, -0.15) is 0 Å². The van der Waals surface area contributed by atoms with Gasteiger partial charge in [0.25, 0.3) is 5.91 Å². The summed E-state index contributed by atoms with van der Waals surface area (Å²) in [5.74, 6) is -3.63. The summed E-state index contributed by atoms with van der Waals surface area (Å²) in [5, 5.41) is 0. The van der Waals surface area contributed by atoms with Crippen LogP contribution in [0.15, 0.2) is 125 Å². The van der Waals surface area contributed by atoms with E-state index in [4.69, 9.17) is 4.74 Å². The molecule has 2 atom stereocenters. The molecule has 0 aliphatic carbocycles. The molecule has 1 heterocycles. The molecule has 5 rings (SSSR count). The predicted molar refractivity (Wildman–Crippen MR) is 163 cm³/mol. The molecule has 0 bridgehead atoms. The van der Waals surface area contributed by atoms with E-state index in [-0.39, 0.29) is 26.6 Å². The number of para-hydroxylation sites is 1. The van der Waals surface area contributed by atoms with Gasteiger partial charge in [0.15, 0.2) is 24.3 Å². The van der Waals surface area contributed by atoms with Crippen molar-refractivity contribution in [2.45, 2.75) is 52.3 Å². The number of carbonyl (C=O) groups is 2. The van der Waals surface area contributed by atoms with Gasteiger partial charge in [-0.1, -0.05) is 84.9 Å². The molecule has 8 nitrogen and oxygen atoms in total. The Labute approximate surface area is 255 Å². The third-order valence-corrected chi connectivity index (χ3v) is 12.4. The highest BCUT2D eigenvalue weighted by Gasteiger charge is 2.65. The Morgan fingerprint density at radius 3 is 1.64 bits per heavy atom. The van der Waals surface area contributed by atoms with Crippen LogP contribution in [0.2, 0.25) is 0 Å². The number of halogens is 1. The van der Waals surface area contributed by atoms with E-state index in [1.807, 2.05) is 0 Å². The van der Waals surface area contributed by atoms with Crippen molar-refractivity contribution >= 4 is 37.4 Å². The molecule has 228 valence electrons. The van der Waals surface area contributed by atoms with Crippen molar-refractivity contribution < 1.29 is 35.6 Å².